The third-order valence-corrected chi connectivity index (χ3v) is 6.44. The molecule has 0 saturated carbocycles. The summed E-state index contributed by atoms with van der Waals surface area (Å²) >= 11 is 2.84. The van der Waals surface area contributed by atoms with Crippen LogP contribution in [-0.4, -0.2) is 43.8 Å². The number of nitrogens with one attached hydrogen (secondary N) is 2. The maximum Gasteiger partial charge on any atom is 0.339 e. The monoisotopic (exact) mass is 484 g/mol. The van der Waals surface area contributed by atoms with Crippen molar-refractivity contribution in [2.24, 2.45) is 0 Å². The van der Waals surface area contributed by atoms with Crippen LogP contribution in [0.15, 0.2) is 70.9 Å². The summed E-state index contributed by atoms with van der Waals surface area (Å²) in [6.07, 6.45) is 0.731. The highest BCUT2D eigenvalue weighted by atomic mass is 32.2. The standard InChI is InChI=1S/C24H24N2O5S2/c1-30-18-7-4-6-17(14-18)26-23(28)16-33-21-10-3-2-9-20(21)24(29)31-15-22(27)25-12-11-19-8-5-13-32-19/h2-10,13-14H,11-12,15-16H2,1H3,(H,25,27)(H,26,28). The van der Waals surface area contributed by atoms with Crippen LogP contribution in [0.3, 0.4) is 0 Å². The Morgan fingerprint density at radius 3 is 2.64 bits per heavy atom. The van der Waals surface area contributed by atoms with Gasteiger partial charge in [-0.15, -0.1) is 23.1 Å². The minimum absolute atomic E-state index is 0.102. The summed E-state index contributed by atoms with van der Waals surface area (Å²) in [5.74, 6) is -0.446. The fourth-order valence-corrected chi connectivity index (χ4v) is 4.39. The number of hydrogen-bond acceptors (Lipinski definition) is 7. The first-order valence-corrected chi connectivity index (χ1v) is 12.0. The van der Waals surface area contributed by atoms with E-state index in [1.165, 1.54) is 16.6 Å². The molecule has 172 valence electrons. The summed E-state index contributed by atoms with van der Waals surface area (Å²) in [5, 5.41) is 7.52. The summed E-state index contributed by atoms with van der Waals surface area (Å²) in [6, 6.07) is 17.8. The van der Waals surface area contributed by atoms with Crippen LogP contribution >= 0.6 is 23.1 Å². The number of methoxy groups -OCH3 is 1. The van der Waals surface area contributed by atoms with Gasteiger partial charge in [0.15, 0.2) is 6.61 Å². The lowest BCUT2D eigenvalue weighted by Gasteiger charge is -2.10. The van der Waals surface area contributed by atoms with Gasteiger partial charge in [-0.05, 0) is 42.1 Å². The van der Waals surface area contributed by atoms with Crippen LogP contribution in [0.2, 0.25) is 0 Å². The van der Waals surface area contributed by atoms with Crippen LogP contribution < -0.4 is 15.4 Å². The van der Waals surface area contributed by atoms with Gasteiger partial charge in [-0.1, -0.05) is 24.3 Å². The normalized spacial score (nSPS) is 10.3. The van der Waals surface area contributed by atoms with Crippen molar-refractivity contribution in [3.05, 3.63) is 76.5 Å². The number of thiophene rings is 1. The molecule has 0 unspecified atom stereocenters. The van der Waals surface area contributed by atoms with Gasteiger partial charge in [-0.3, -0.25) is 9.59 Å². The molecular formula is C24H24N2O5S2. The van der Waals surface area contributed by atoms with Gasteiger partial charge in [0, 0.05) is 28.1 Å². The summed E-state index contributed by atoms with van der Waals surface area (Å²) < 4.78 is 10.3. The predicted octanol–water partition coefficient (Wildman–Crippen LogP) is 4.00. The molecule has 0 aliphatic rings. The molecule has 0 fully saturated rings. The zero-order valence-corrected chi connectivity index (χ0v) is 19.7. The minimum atomic E-state index is -0.611. The number of amides is 2. The quantitative estimate of drug-likeness (QED) is 0.316. The van der Waals surface area contributed by atoms with Crippen LogP contribution in [0.25, 0.3) is 0 Å². The lowest BCUT2D eigenvalue weighted by molar-refractivity contribution is -0.124. The molecule has 0 aliphatic heterocycles. The van der Waals surface area contributed by atoms with Gasteiger partial charge in [0.2, 0.25) is 5.91 Å². The zero-order valence-electron chi connectivity index (χ0n) is 18.0. The lowest BCUT2D eigenvalue weighted by Crippen LogP contribution is -2.30. The van der Waals surface area contributed by atoms with E-state index >= 15 is 0 Å². The van der Waals surface area contributed by atoms with E-state index < -0.39 is 5.97 Å². The molecule has 0 aliphatic carbocycles. The van der Waals surface area contributed by atoms with Gasteiger partial charge < -0.3 is 20.1 Å². The molecule has 1 heterocycles. The SMILES string of the molecule is COc1cccc(NC(=O)CSc2ccccc2C(=O)OCC(=O)NCCc2cccs2)c1. The summed E-state index contributed by atoms with van der Waals surface area (Å²) in [5.41, 5.74) is 0.931. The topological polar surface area (TPSA) is 93.7 Å². The summed E-state index contributed by atoms with van der Waals surface area (Å²) in [4.78, 5) is 38.6. The largest absolute Gasteiger partial charge is 0.497 e. The number of esters is 1. The summed E-state index contributed by atoms with van der Waals surface area (Å²) in [6.45, 7) is 0.115. The molecule has 0 bridgehead atoms. The van der Waals surface area contributed by atoms with Gasteiger partial charge >= 0.3 is 5.97 Å². The minimum Gasteiger partial charge on any atom is -0.497 e. The van der Waals surface area contributed by atoms with E-state index in [0.29, 0.717) is 28.4 Å². The molecule has 0 saturated heterocycles. The van der Waals surface area contributed by atoms with E-state index in [9.17, 15) is 14.4 Å². The van der Waals surface area contributed by atoms with E-state index in [-0.39, 0.29) is 24.2 Å². The fraction of sp³-hybridized carbons (Fsp3) is 0.208. The zero-order chi connectivity index (χ0) is 23.5. The van der Waals surface area contributed by atoms with Crippen molar-refractivity contribution in [2.45, 2.75) is 11.3 Å². The van der Waals surface area contributed by atoms with E-state index in [4.69, 9.17) is 9.47 Å². The number of rotatable bonds is 11. The van der Waals surface area contributed by atoms with Gasteiger partial charge in [0.05, 0.1) is 18.4 Å². The molecule has 7 nitrogen and oxygen atoms in total. The van der Waals surface area contributed by atoms with E-state index in [1.807, 2.05) is 17.5 Å². The molecule has 0 spiro atoms. The van der Waals surface area contributed by atoms with Crippen molar-refractivity contribution in [3.8, 4) is 5.75 Å². The molecule has 0 atom stereocenters. The maximum absolute atomic E-state index is 12.5. The van der Waals surface area contributed by atoms with Gasteiger partial charge in [-0.25, -0.2) is 4.79 Å². The van der Waals surface area contributed by atoms with Crippen LogP contribution in [0.4, 0.5) is 5.69 Å². The lowest BCUT2D eigenvalue weighted by atomic mass is 10.2. The van der Waals surface area contributed by atoms with Crippen molar-refractivity contribution < 1.29 is 23.9 Å². The molecule has 9 heteroatoms. The van der Waals surface area contributed by atoms with E-state index in [0.717, 1.165) is 6.42 Å². The number of hydrogen-bond donors (Lipinski definition) is 2. The Balaban J connectivity index is 1.46. The molecular weight excluding hydrogens is 460 g/mol. The van der Waals surface area contributed by atoms with Crippen molar-refractivity contribution in [1.82, 2.24) is 5.32 Å². The molecule has 0 radical (unpaired) electrons. The second kappa shape index (κ2) is 12.7. The first-order valence-electron chi connectivity index (χ1n) is 10.2. The highest BCUT2D eigenvalue weighted by Gasteiger charge is 2.16. The first-order chi connectivity index (χ1) is 16.0. The third kappa shape index (κ3) is 7.96. The smallest absolute Gasteiger partial charge is 0.339 e. The molecule has 2 N–H and O–H groups in total. The number of carbonyl (C=O) groups is 3. The average Bonchev–Trinajstić information content (AvgIpc) is 3.35. The highest BCUT2D eigenvalue weighted by molar-refractivity contribution is 8.00. The molecule has 3 aromatic rings. The Bertz CT molecular complexity index is 1090. The molecule has 2 amide bonds. The van der Waals surface area contributed by atoms with Gasteiger partial charge in [0.1, 0.15) is 5.75 Å². The van der Waals surface area contributed by atoms with Gasteiger partial charge in [-0.2, -0.15) is 0 Å². The van der Waals surface area contributed by atoms with Crippen molar-refractivity contribution in [2.75, 3.05) is 31.3 Å². The second-order valence-electron chi connectivity index (χ2n) is 6.82. The molecule has 2 aromatic carbocycles. The van der Waals surface area contributed by atoms with Crippen LogP contribution in [-0.2, 0) is 20.7 Å². The van der Waals surface area contributed by atoms with Crippen LogP contribution in [0.5, 0.6) is 5.75 Å². The Kier molecular flexibility index (Phi) is 9.34. The summed E-state index contributed by atoms with van der Waals surface area (Å²) in [7, 11) is 1.56. The highest BCUT2D eigenvalue weighted by Crippen LogP contribution is 2.24. The van der Waals surface area contributed by atoms with Crippen molar-refractivity contribution in [1.29, 1.82) is 0 Å². The number of carbonyl (C=O) groups excluding carboxylic acids is 3. The first kappa shape index (κ1) is 24.3. The molecule has 1 aromatic heterocycles. The molecule has 33 heavy (non-hydrogen) atoms. The molecule has 3 rings (SSSR count). The Morgan fingerprint density at radius 2 is 1.85 bits per heavy atom. The average molecular weight is 485 g/mol. The van der Waals surface area contributed by atoms with Crippen molar-refractivity contribution >= 4 is 46.6 Å². The fourth-order valence-electron chi connectivity index (χ4n) is 2.84. The van der Waals surface area contributed by atoms with Crippen LogP contribution in [0.1, 0.15) is 15.2 Å². The van der Waals surface area contributed by atoms with E-state index in [2.05, 4.69) is 10.6 Å². The maximum atomic E-state index is 12.5. The third-order valence-electron chi connectivity index (χ3n) is 4.43. The van der Waals surface area contributed by atoms with E-state index in [1.54, 1.807) is 67.0 Å². The number of benzene rings is 2. The number of thioether (sulfide) groups is 1. The van der Waals surface area contributed by atoms with Crippen LogP contribution in [0, 0.1) is 0 Å². The Morgan fingerprint density at radius 1 is 1.00 bits per heavy atom. The van der Waals surface area contributed by atoms with Crippen molar-refractivity contribution in [3.63, 3.8) is 0 Å². The van der Waals surface area contributed by atoms with Gasteiger partial charge in [0.25, 0.3) is 5.91 Å². The Hall–Kier alpha value is -3.30. The number of anilines is 1. The number of ether oxygens (including phenoxy) is 2. The Labute approximate surface area is 200 Å². The predicted molar refractivity (Wildman–Crippen MR) is 130 cm³/mol. The second-order valence-corrected chi connectivity index (χ2v) is 8.87.